The van der Waals surface area contributed by atoms with E-state index >= 15 is 0 Å². The first kappa shape index (κ1) is 24.2. The molecular weight excluding hydrogens is 498 g/mol. The van der Waals surface area contributed by atoms with Crippen molar-refractivity contribution in [3.63, 3.8) is 0 Å². The summed E-state index contributed by atoms with van der Waals surface area (Å²) in [5.74, 6) is -1.42. The molecule has 4 aliphatic heterocycles. The van der Waals surface area contributed by atoms with Crippen LogP contribution in [0.15, 0.2) is 28.8 Å². The van der Waals surface area contributed by atoms with Gasteiger partial charge in [0.15, 0.2) is 0 Å². The Labute approximate surface area is 195 Å². The first-order valence-electron chi connectivity index (χ1n) is 11.3. The molecule has 11 heteroatoms. The summed E-state index contributed by atoms with van der Waals surface area (Å²) in [6.07, 6.45) is -5.44. The predicted octanol–water partition coefficient (Wildman–Crippen LogP) is 7.28. The number of rotatable bonds is 1. The molecule has 0 N–H and O–H groups in total. The number of imide groups is 1. The van der Waals surface area contributed by atoms with Gasteiger partial charge in [0.1, 0.15) is 0 Å². The highest BCUT2D eigenvalue weighted by atomic mass is 31.1. The molecule has 0 radical (unpaired) electrons. The largest absolute Gasteiger partial charge is 0.416 e. The maximum absolute atomic E-state index is 13.7. The summed E-state index contributed by atoms with van der Waals surface area (Å²) in [6, 6.07) is 0.997. The van der Waals surface area contributed by atoms with Gasteiger partial charge < -0.3 is 0 Å². The molecule has 184 valence electrons. The normalized spacial score (nSPS) is 33.8. The topological polar surface area (TPSA) is 37.4 Å². The molecule has 2 fully saturated rings. The van der Waals surface area contributed by atoms with Crippen LogP contribution in [0.4, 0.5) is 32.0 Å². The summed E-state index contributed by atoms with van der Waals surface area (Å²) in [5, 5.41) is 0.867. The number of nitrogens with zero attached hydrogens (tertiary/aromatic N) is 1. The van der Waals surface area contributed by atoms with E-state index in [-0.39, 0.29) is 28.7 Å². The lowest BCUT2D eigenvalue weighted by Gasteiger charge is -2.27. The lowest BCUT2D eigenvalue weighted by Crippen LogP contribution is -2.33. The smallest absolute Gasteiger partial charge is 0.268 e. The standard InChI is InChI=1S/C23H23F6NO2P2/c1-11-3-5-16-10-17-6-4-12(2)34(17)19-18(33(11)16)20(31)30(21(19)32)15-8-13(22(24,25)26)7-14(9-15)23(27,28)29/h7-9,11-12,16-17H,3-6,10H2,1-2H3. The highest BCUT2D eigenvalue weighted by molar-refractivity contribution is 7.71. The molecule has 2 amide bonds. The van der Waals surface area contributed by atoms with Crippen LogP contribution in [0.5, 0.6) is 0 Å². The van der Waals surface area contributed by atoms with Crippen LogP contribution in [-0.2, 0) is 21.9 Å². The van der Waals surface area contributed by atoms with Crippen LogP contribution in [0.3, 0.4) is 0 Å². The van der Waals surface area contributed by atoms with Crippen LogP contribution in [0.25, 0.3) is 0 Å². The van der Waals surface area contributed by atoms with Gasteiger partial charge in [-0.1, -0.05) is 29.7 Å². The molecule has 6 unspecified atom stereocenters. The molecule has 1 aromatic rings. The van der Waals surface area contributed by atoms with Gasteiger partial charge in [0.25, 0.3) is 11.8 Å². The number of fused-ring (bicyclic) bond motifs is 4. The zero-order valence-electron chi connectivity index (χ0n) is 18.5. The van der Waals surface area contributed by atoms with Gasteiger partial charge in [-0.2, -0.15) is 26.3 Å². The van der Waals surface area contributed by atoms with Crippen LogP contribution in [0.2, 0.25) is 0 Å². The fourth-order valence-corrected chi connectivity index (χ4v) is 13.9. The second-order valence-electron chi connectivity index (χ2n) is 9.62. The van der Waals surface area contributed by atoms with E-state index in [2.05, 4.69) is 0 Å². The average molecular weight is 521 g/mol. The molecular formula is C23H23F6NO2P2. The Hall–Kier alpha value is -1.46. The summed E-state index contributed by atoms with van der Waals surface area (Å²) in [6.45, 7) is 4.08. The van der Waals surface area contributed by atoms with Crippen molar-refractivity contribution in [1.29, 1.82) is 0 Å². The Balaban J connectivity index is 1.66. The minimum atomic E-state index is -5.06. The zero-order valence-corrected chi connectivity index (χ0v) is 20.3. The molecule has 34 heavy (non-hydrogen) atoms. The van der Waals surface area contributed by atoms with E-state index in [0.29, 0.717) is 27.7 Å². The van der Waals surface area contributed by atoms with E-state index in [1.54, 1.807) is 0 Å². The number of halogens is 6. The lowest BCUT2D eigenvalue weighted by atomic mass is 10.1. The van der Waals surface area contributed by atoms with Crippen LogP contribution >= 0.6 is 15.8 Å². The van der Waals surface area contributed by atoms with Crippen LogP contribution in [0, 0.1) is 0 Å². The van der Waals surface area contributed by atoms with Gasteiger partial charge >= 0.3 is 12.4 Å². The molecule has 0 aromatic heterocycles. The van der Waals surface area contributed by atoms with Gasteiger partial charge in [-0.15, -0.1) is 0 Å². The van der Waals surface area contributed by atoms with Gasteiger partial charge in [0.2, 0.25) is 0 Å². The molecule has 4 aliphatic rings. The van der Waals surface area contributed by atoms with Crippen LogP contribution in [0.1, 0.15) is 57.1 Å². The fourth-order valence-electron chi connectivity index (χ4n) is 6.00. The van der Waals surface area contributed by atoms with E-state index in [9.17, 15) is 35.9 Å². The van der Waals surface area contributed by atoms with Crippen molar-refractivity contribution >= 4 is 33.3 Å². The summed E-state index contributed by atoms with van der Waals surface area (Å²) in [4.78, 5) is 28.0. The Bertz CT molecular complexity index is 1020. The first-order valence-corrected chi connectivity index (χ1v) is 14.2. The number of amides is 2. The minimum absolute atomic E-state index is 0.0191. The van der Waals surface area contributed by atoms with Crippen molar-refractivity contribution in [2.24, 2.45) is 0 Å². The van der Waals surface area contributed by atoms with Crippen LogP contribution in [-0.4, -0.2) is 34.5 Å². The Morgan fingerprint density at radius 3 is 1.53 bits per heavy atom. The highest BCUT2D eigenvalue weighted by Gasteiger charge is 2.55. The van der Waals surface area contributed by atoms with Crippen LogP contribution < -0.4 is 4.90 Å². The average Bonchev–Trinajstić information content (AvgIpc) is 3.30. The molecule has 3 nitrogen and oxygen atoms in total. The van der Waals surface area contributed by atoms with Crippen molar-refractivity contribution in [1.82, 2.24) is 0 Å². The van der Waals surface area contributed by atoms with Gasteiger partial charge in [-0.25, -0.2) is 4.90 Å². The Kier molecular flexibility index (Phi) is 5.72. The SMILES string of the molecule is CC1CCC2CC3CCC(C)P3C3=C(C(=O)N(c4cc(C(F)(F)F)cc(C(F)(F)F)c4)C3=O)P12. The molecule has 0 bridgehead atoms. The van der Waals surface area contributed by atoms with Gasteiger partial charge in [0, 0.05) is 0 Å². The summed E-state index contributed by atoms with van der Waals surface area (Å²) in [5.41, 5.74) is -2.77. The molecule has 6 atom stereocenters. The predicted molar refractivity (Wildman–Crippen MR) is 119 cm³/mol. The monoisotopic (exact) mass is 521 g/mol. The molecule has 0 aliphatic carbocycles. The molecule has 5 rings (SSSR count). The quantitative estimate of drug-likeness (QED) is 0.221. The van der Waals surface area contributed by atoms with E-state index < -0.39 is 56.8 Å². The fraction of sp³-hybridized carbons (Fsp3) is 0.565. The molecule has 2 saturated heterocycles. The number of benzene rings is 1. The number of anilines is 1. The Morgan fingerprint density at radius 2 is 1.15 bits per heavy atom. The molecule has 4 heterocycles. The van der Waals surface area contributed by atoms with E-state index in [1.807, 2.05) is 13.8 Å². The summed E-state index contributed by atoms with van der Waals surface area (Å²) < 4.78 is 80.8. The number of carbonyl (C=O) groups is 2. The molecule has 1 aromatic carbocycles. The summed E-state index contributed by atoms with van der Waals surface area (Å²) >= 11 is 0. The number of alkyl halides is 6. The number of hydrogen-bond donors (Lipinski definition) is 0. The Morgan fingerprint density at radius 1 is 0.735 bits per heavy atom. The maximum Gasteiger partial charge on any atom is 0.416 e. The van der Waals surface area contributed by atoms with Crippen molar-refractivity contribution in [3.8, 4) is 0 Å². The number of hydrogen-bond acceptors (Lipinski definition) is 2. The highest BCUT2D eigenvalue weighted by Crippen LogP contribution is 2.75. The van der Waals surface area contributed by atoms with Crippen molar-refractivity contribution in [2.75, 3.05) is 4.90 Å². The minimum Gasteiger partial charge on any atom is -0.268 e. The molecule has 0 saturated carbocycles. The summed E-state index contributed by atoms with van der Waals surface area (Å²) in [7, 11) is -1.99. The molecule has 0 spiro atoms. The lowest BCUT2D eigenvalue weighted by molar-refractivity contribution is -0.143. The van der Waals surface area contributed by atoms with Gasteiger partial charge in [-0.3, -0.25) is 9.59 Å². The third-order valence-corrected chi connectivity index (χ3v) is 14.5. The van der Waals surface area contributed by atoms with Gasteiger partial charge in [-0.05, 0) is 72.9 Å². The van der Waals surface area contributed by atoms with E-state index in [1.165, 1.54) is 0 Å². The van der Waals surface area contributed by atoms with Crippen molar-refractivity contribution in [2.45, 2.75) is 80.9 Å². The first-order chi connectivity index (χ1) is 15.8. The third-order valence-electron chi connectivity index (χ3n) is 7.50. The third kappa shape index (κ3) is 3.73. The number of carbonyl (C=O) groups excluding carboxylic acids is 2. The van der Waals surface area contributed by atoms with Gasteiger partial charge in [0.05, 0.1) is 27.4 Å². The second-order valence-corrected chi connectivity index (χ2v) is 15.4. The van der Waals surface area contributed by atoms with Crippen molar-refractivity contribution in [3.05, 3.63) is 40.0 Å². The van der Waals surface area contributed by atoms with E-state index in [4.69, 9.17) is 0 Å². The van der Waals surface area contributed by atoms with E-state index in [0.717, 1.165) is 32.1 Å². The van der Waals surface area contributed by atoms with Crippen molar-refractivity contribution < 1.29 is 35.9 Å². The second kappa shape index (κ2) is 8.03. The zero-order chi connectivity index (χ0) is 24.7. The maximum atomic E-state index is 13.7.